The average molecular weight is 579 g/mol. The van der Waals surface area contributed by atoms with E-state index in [1.807, 2.05) is 42.7 Å². The molecule has 0 spiro atoms. The summed E-state index contributed by atoms with van der Waals surface area (Å²) in [5.41, 5.74) is 0.208. The van der Waals surface area contributed by atoms with E-state index >= 15 is 0 Å². The summed E-state index contributed by atoms with van der Waals surface area (Å²) in [6, 6.07) is 6.66. The number of nitrogens with zero attached hydrogens (tertiary/aromatic N) is 3. The predicted octanol–water partition coefficient (Wildman–Crippen LogP) is 1.93. The molecule has 1 aromatic heterocycles. The minimum Gasteiger partial charge on any atom is -0.486 e. The second-order valence-electron chi connectivity index (χ2n) is 9.08. The second-order valence-corrected chi connectivity index (χ2v) is 10.1. The Morgan fingerprint density at radius 1 is 0.975 bits per heavy atom. The van der Waals surface area contributed by atoms with Crippen LogP contribution >= 0.6 is 11.8 Å². The van der Waals surface area contributed by atoms with Crippen molar-refractivity contribution in [3.63, 3.8) is 0 Å². The Kier molecular flexibility index (Phi) is 10.9. The van der Waals surface area contributed by atoms with Gasteiger partial charge >= 0.3 is 17.9 Å². The Hall–Kier alpha value is -3.65. The third-order valence-electron chi connectivity index (χ3n) is 5.79. The quantitative estimate of drug-likeness (QED) is 0.306. The zero-order valence-corrected chi connectivity index (χ0v) is 24.1. The second kappa shape index (κ2) is 14.1. The topological polar surface area (TPSA) is 157 Å². The van der Waals surface area contributed by atoms with Gasteiger partial charge in [-0.15, -0.1) is 10.2 Å². The van der Waals surface area contributed by atoms with E-state index in [4.69, 9.17) is 23.7 Å². The summed E-state index contributed by atoms with van der Waals surface area (Å²) in [6.07, 6.45) is -3.33. The molecule has 1 amide bonds. The Bertz CT molecular complexity index is 1200. The summed E-state index contributed by atoms with van der Waals surface area (Å²) in [4.78, 5) is 47.8. The van der Waals surface area contributed by atoms with Gasteiger partial charge < -0.3 is 33.6 Å². The predicted molar refractivity (Wildman–Crippen MR) is 141 cm³/mol. The van der Waals surface area contributed by atoms with Gasteiger partial charge in [0, 0.05) is 34.2 Å². The number of rotatable bonds is 11. The van der Waals surface area contributed by atoms with Crippen LogP contribution in [0.5, 0.6) is 5.75 Å². The molecule has 1 aliphatic rings. The first kappa shape index (κ1) is 30.9. The lowest BCUT2D eigenvalue weighted by Crippen LogP contribution is -2.65. The van der Waals surface area contributed by atoms with Crippen molar-refractivity contribution >= 4 is 35.6 Å². The molecule has 1 aromatic carbocycles. The summed E-state index contributed by atoms with van der Waals surface area (Å²) in [6.45, 7) is 9.18. The van der Waals surface area contributed by atoms with E-state index in [9.17, 15) is 19.2 Å². The summed E-state index contributed by atoms with van der Waals surface area (Å²) < 4.78 is 30.1. The molecule has 2 heterocycles. The number of ether oxygens (including phenoxy) is 5. The minimum atomic E-state index is -1.17. The summed E-state index contributed by atoms with van der Waals surface area (Å²) in [5, 5.41) is 11.8. The molecule has 1 aliphatic heterocycles. The first-order valence-corrected chi connectivity index (χ1v) is 13.5. The number of esters is 3. The molecule has 5 atom stereocenters. The van der Waals surface area contributed by atoms with E-state index in [0.29, 0.717) is 23.3 Å². The lowest BCUT2D eigenvalue weighted by Gasteiger charge is -2.44. The van der Waals surface area contributed by atoms with E-state index in [1.54, 1.807) is 0 Å². The smallest absolute Gasteiger partial charge is 0.303 e. The molecule has 0 radical (unpaired) electrons. The van der Waals surface area contributed by atoms with E-state index in [-0.39, 0.29) is 13.2 Å². The van der Waals surface area contributed by atoms with Gasteiger partial charge in [0.2, 0.25) is 5.91 Å². The van der Waals surface area contributed by atoms with Gasteiger partial charge in [0.15, 0.2) is 23.2 Å². The fourth-order valence-electron chi connectivity index (χ4n) is 4.11. The molecule has 1 N–H and O–H groups in total. The van der Waals surface area contributed by atoms with Gasteiger partial charge in [-0.2, -0.15) is 0 Å². The highest BCUT2D eigenvalue weighted by molar-refractivity contribution is 7.99. The minimum absolute atomic E-state index is 0.158. The monoisotopic (exact) mass is 578 g/mol. The number of carbonyl (C=O) groups is 4. The van der Waals surface area contributed by atoms with E-state index in [2.05, 4.69) is 15.5 Å². The SMILES string of the molecule is CCn1c(COc2ccc(C)cc2)nnc1S[C@H]1O[C@@H](COC(C)=O)[C@@H](OC(C)=O)[C@@H](OC(C)=O)[C@H]1NC(C)=O. The first-order valence-electron chi connectivity index (χ1n) is 12.7. The van der Waals surface area contributed by atoms with E-state index in [1.165, 1.54) is 27.7 Å². The maximum Gasteiger partial charge on any atom is 0.303 e. The van der Waals surface area contributed by atoms with Crippen LogP contribution in [0.4, 0.5) is 0 Å². The van der Waals surface area contributed by atoms with Crippen molar-refractivity contribution in [3.05, 3.63) is 35.7 Å². The van der Waals surface area contributed by atoms with Gasteiger partial charge in [-0.25, -0.2) is 0 Å². The zero-order valence-electron chi connectivity index (χ0n) is 23.2. The maximum atomic E-state index is 12.2. The highest BCUT2D eigenvalue weighted by Crippen LogP contribution is 2.36. The third kappa shape index (κ3) is 8.42. The van der Waals surface area contributed by atoms with Crippen molar-refractivity contribution < 1.29 is 42.9 Å². The van der Waals surface area contributed by atoms with Crippen LogP contribution in [0.2, 0.25) is 0 Å². The largest absolute Gasteiger partial charge is 0.486 e. The van der Waals surface area contributed by atoms with E-state index in [0.717, 1.165) is 17.3 Å². The molecule has 2 aromatic rings. The molecule has 1 fully saturated rings. The number of hydrogen-bond acceptors (Lipinski definition) is 12. The standard InChI is InChI=1S/C26H34N4O9S/c1-7-30-21(13-36-19-10-8-14(2)9-11-19)28-29-26(30)40-25-22(27-15(3)31)24(38-18(6)34)23(37-17(5)33)20(39-25)12-35-16(4)32/h8-11,20,22-25H,7,12-13H2,1-6H3,(H,27,31)/t20-,22+,23+,24-,25+/m0/s1. The maximum absolute atomic E-state index is 12.2. The third-order valence-corrected chi connectivity index (χ3v) is 6.94. The summed E-state index contributed by atoms with van der Waals surface area (Å²) >= 11 is 1.12. The van der Waals surface area contributed by atoms with E-state index < -0.39 is 53.6 Å². The van der Waals surface area contributed by atoms with Crippen LogP contribution in [-0.4, -0.2) is 75.0 Å². The fourth-order valence-corrected chi connectivity index (χ4v) is 5.33. The zero-order chi connectivity index (χ0) is 29.4. The molecule has 13 nitrogen and oxygen atoms in total. The van der Waals surface area contributed by atoms with Gasteiger partial charge in [-0.05, 0) is 26.0 Å². The highest BCUT2D eigenvalue weighted by Gasteiger charge is 2.51. The van der Waals surface area contributed by atoms with Crippen molar-refractivity contribution in [1.82, 2.24) is 20.1 Å². The van der Waals surface area contributed by atoms with Crippen molar-refractivity contribution in [3.8, 4) is 5.75 Å². The van der Waals surface area contributed by atoms with Crippen LogP contribution in [0.15, 0.2) is 29.4 Å². The Balaban J connectivity index is 1.92. The molecule has 0 bridgehead atoms. The van der Waals surface area contributed by atoms with Crippen molar-refractivity contribution in [1.29, 1.82) is 0 Å². The molecule has 0 aliphatic carbocycles. The van der Waals surface area contributed by atoms with Crippen LogP contribution in [0.1, 0.15) is 46.0 Å². The van der Waals surface area contributed by atoms with Crippen LogP contribution in [0.25, 0.3) is 0 Å². The molecular formula is C26H34N4O9S. The number of aromatic nitrogens is 3. The molecule has 0 unspecified atom stereocenters. The lowest BCUT2D eigenvalue weighted by atomic mass is 9.97. The average Bonchev–Trinajstić information content (AvgIpc) is 3.26. The van der Waals surface area contributed by atoms with Gasteiger partial charge in [0.05, 0.1) is 0 Å². The number of hydrogen-bond donors (Lipinski definition) is 1. The number of thioether (sulfide) groups is 1. The van der Waals surface area contributed by atoms with Crippen LogP contribution in [0, 0.1) is 6.92 Å². The van der Waals surface area contributed by atoms with Gasteiger partial charge in [-0.3, -0.25) is 19.2 Å². The highest BCUT2D eigenvalue weighted by atomic mass is 32.2. The summed E-state index contributed by atoms with van der Waals surface area (Å²) in [5.74, 6) is -1.10. The first-order chi connectivity index (χ1) is 19.0. The number of nitrogens with one attached hydrogen (secondary N) is 1. The molecule has 0 saturated carbocycles. The number of amides is 1. The van der Waals surface area contributed by atoms with Crippen molar-refractivity contribution in [2.75, 3.05) is 6.61 Å². The lowest BCUT2D eigenvalue weighted by molar-refractivity contribution is -0.211. The fraction of sp³-hybridized carbons (Fsp3) is 0.538. The van der Waals surface area contributed by atoms with Gasteiger partial charge in [0.25, 0.3) is 0 Å². The molecule has 40 heavy (non-hydrogen) atoms. The van der Waals surface area contributed by atoms with Crippen LogP contribution in [0.3, 0.4) is 0 Å². The number of carbonyl (C=O) groups excluding carboxylic acids is 4. The Labute approximate surface area is 236 Å². The molecular weight excluding hydrogens is 544 g/mol. The van der Waals surface area contributed by atoms with Crippen molar-refractivity contribution in [2.24, 2.45) is 0 Å². The normalized spacial score (nSPS) is 22.2. The Morgan fingerprint density at radius 3 is 2.20 bits per heavy atom. The Morgan fingerprint density at radius 2 is 1.62 bits per heavy atom. The molecule has 218 valence electrons. The van der Waals surface area contributed by atoms with Crippen LogP contribution < -0.4 is 10.1 Å². The molecule has 14 heteroatoms. The van der Waals surface area contributed by atoms with Crippen molar-refractivity contribution in [2.45, 2.75) is 89.6 Å². The summed E-state index contributed by atoms with van der Waals surface area (Å²) in [7, 11) is 0. The number of benzene rings is 1. The van der Waals surface area contributed by atoms with Gasteiger partial charge in [-0.1, -0.05) is 29.5 Å². The number of aryl methyl sites for hydroxylation is 1. The van der Waals surface area contributed by atoms with Gasteiger partial charge in [0.1, 0.15) is 36.5 Å². The van der Waals surface area contributed by atoms with Crippen LogP contribution in [-0.2, 0) is 51.3 Å². The molecule has 1 saturated heterocycles. The molecule has 3 rings (SSSR count).